The smallest absolute Gasteiger partial charge is 0.341 e. The van der Waals surface area contributed by atoms with Crippen molar-refractivity contribution in [1.82, 2.24) is 0 Å². The summed E-state index contributed by atoms with van der Waals surface area (Å²) >= 11 is 6.94. The molecule has 0 unspecified atom stereocenters. The van der Waals surface area contributed by atoms with Crippen molar-refractivity contribution >= 4 is 45.3 Å². The largest absolute Gasteiger partial charge is 0.462 e. The molecular weight excluding hydrogens is 380 g/mol. The van der Waals surface area contributed by atoms with Gasteiger partial charge in [-0.2, -0.15) is 0 Å². The highest BCUT2D eigenvalue weighted by atomic mass is 32.1. The minimum absolute atomic E-state index is 0.0996. The summed E-state index contributed by atoms with van der Waals surface area (Å²) in [4.78, 5) is 13.7. The molecule has 0 radical (unpaired) electrons. The number of thiophene rings is 1. The Hall–Kier alpha value is -1.96. The van der Waals surface area contributed by atoms with Crippen molar-refractivity contribution in [1.29, 1.82) is 0 Å². The molecule has 1 aromatic heterocycles. The molecule has 1 aliphatic heterocycles. The second-order valence-electron chi connectivity index (χ2n) is 6.67. The van der Waals surface area contributed by atoms with E-state index in [1.165, 1.54) is 11.3 Å². The summed E-state index contributed by atoms with van der Waals surface area (Å²) in [6, 6.07) is 9.67. The van der Waals surface area contributed by atoms with Crippen molar-refractivity contribution in [3.05, 3.63) is 46.3 Å². The van der Waals surface area contributed by atoms with E-state index in [2.05, 4.69) is 24.5 Å². The number of carbonyl (C=O) groups excluding carboxylic acids is 1. The number of carbonyl (C=O) groups is 1. The zero-order valence-corrected chi connectivity index (χ0v) is 17.3. The van der Waals surface area contributed by atoms with Crippen LogP contribution in [0.2, 0.25) is 0 Å². The van der Waals surface area contributed by atoms with Gasteiger partial charge >= 0.3 is 5.97 Å². The number of esters is 1. The highest BCUT2D eigenvalue weighted by Crippen LogP contribution is 2.39. The van der Waals surface area contributed by atoms with Crippen molar-refractivity contribution in [3.8, 4) is 0 Å². The van der Waals surface area contributed by atoms with E-state index in [4.69, 9.17) is 21.7 Å². The van der Waals surface area contributed by atoms with Gasteiger partial charge in [0.05, 0.1) is 24.9 Å². The highest BCUT2D eigenvalue weighted by Gasteiger charge is 2.31. The van der Waals surface area contributed by atoms with Gasteiger partial charge in [-0.05, 0) is 42.8 Å². The van der Waals surface area contributed by atoms with E-state index >= 15 is 0 Å². The molecule has 5 nitrogen and oxygen atoms in total. The first-order valence-corrected chi connectivity index (χ1v) is 10.3. The number of thiocarbonyl (C=S) groups is 1. The molecule has 1 aromatic carbocycles. The lowest BCUT2D eigenvalue weighted by Gasteiger charge is -2.26. The maximum absolute atomic E-state index is 12.7. The fraction of sp³-hybridized carbons (Fsp3) is 0.400. The molecule has 0 aliphatic carbocycles. The number of rotatable bonds is 5. The molecule has 27 heavy (non-hydrogen) atoms. The van der Waals surface area contributed by atoms with Gasteiger partial charge in [0.15, 0.2) is 5.11 Å². The third-order valence-electron chi connectivity index (χ3n) is 4.41. The molecule has 1 aliphatic rings. The monoisotopic (exact) mass is 404 g/mol. The molecule has 2 N–H and O–H groups in total. The topological polar surface area (TPSA) is 59.6 Å². The zero-order chi connectivity index (χ0) is 19.4. The van der Waals surface area contributed by atoms with E-state index in [9.17, 15) is 4.79 Å². The third-order valence-corrected chi connectivity index (χ3v) is 5.73. The summed E-state index contributed by atoms with van der Waals surface area (Å²) in [7, 11) is 0. The molecule has 1 atom stereocenters. The molecular formula is C20H24N2O3S2. The highest BCUT2D eigenvalue weighted by molar-refractivity contribution is 7.80. The molecule has 7 heteroatoms. The normalized spacial score (nSPS) is 15.9. The van der Waals surface area contributed by atoms with Gasteiger partial charge in [0, 0.05) is 17.0 Å². The van der Waals surface area contributed by atoms with Gasteiger partial charge in [-0.3, -0.25) is 0 Å². The van der Waals surface area contributed by atoms with E-state index in [1.54, 1.807) is 0 Å². The first-order chi connectivity index (χ1) is 13.0. The van der Waals surface area contributed by atoms with E-state index in [0.717, 1.165) is 16.1 Å². The summed E-state index contributed by atoms with van der Waals surface area (Å²) in [5.41, 5.74) is 2.49. The Balaban J connectivity index is 1.86. The summed E-state index contributed by atoms with van der Waals surface area (Å²) in [5.74, 6) is 0.0646. The number of fused-ring (bicyclic) bond motifs is 1. The van der Waals surface area contributed by atoms with Gasteiger partial charge in [-0.25, -0.2) is 4.79 Å². The lowest BCUT2D eigenvalue weighted by Crippen LogP contribution is -2.27. The third kappa shape index (κ3) is 4.66. The molecule has 144 valence electrons. The summed E-state index contributed by atoms with van der Waals surface area (Å²) in [6.45, 7) is 6.91. The van der Waals surface area contributed by atoms with Crippen LogP contribution in [-0.4, -0.2) is 23.8 Å². The van der Waals surface area contributed by atoms with Gasteiger partial charge in [-0.15, -0.1) is 11.3 Å². The van der Waals surface area contributed by atoms with Crippen LogP contribution in [0.1, 0.15) is 41.6 Å². The Labute approximate surface area is 169 Å². The van der Waals surface area contributed by atoms with Gasteiger partial charge in [0.25, 0.3) is 0 Å². The molecule has 3 rings (SSSR count). The maximum Gasteiger partial charge on any atom is 0.341 e. The van der Waals surface area contributed by atoms with E-state index in [1.807, 2.05) is 37.3 Å². The van der Waals surface area contributed by atoms with E-state index < -0.39 is 0 Å². The Morgan fingerprint density at radius 2 is 2.07 bits per heavy atom. The van der Waals surface area contributed by atoms with E-state index in [-0.39, 0.29) is 12.1 Å². The quantitative estimate of drug-likeness (QED) is 0.550. The van der Waals surface area contributed by atoms with Crippen LogP contribution in [0.4, 0.5) is 10.7 Å². The SMILES string of the molecule is CCOC(=O)c1c(NC(=S)Nc2ccccc2)sc2c1C[C@@H](C(C)C)OC2. The summed E-state index contributed by atoms with van der Waals surface area (Å²) < 4.78 is 11.3. The standard InChI is InChI=1S/C20H24N2O3S2/c1-4-24-19(23)17-14-10-15(12(2)3)25-11-16(14)27-18(17)22-20(26)21-13-8-6-5-7-9-13/h5-9,12,15H,4,10-11H2,1-3H3,(H2,21,22,26)/t15-/m0/s1. The number of para-hydroxylation sites is 1. The second kappa shape index (κ2) is 8.82. The lowest BCUT2D eigenvalue weighted by atomic mass is 9.94. The van der Waals surface area contributed by atoms with Crippen molar-refractivity contribution in [2.75, 3.05) is 17.2 Å². The molecule has 0 amide bonds. The number of anilines is 2. The maximum atomic E-state index is 12.7. The van der Waals surface area contributed by atoms with Gasteiger partial charge in [-0.1, -0.05) is 32.0 Å². The average molecular weight is 405 g/mol. The van der Waals surface area contributed by atoms with Gasteiger partial charge in [0.1, 0.15) is 5.00 Å². The first kappa shape index (κ1) is 19.8. The van der Waals surface area contributed by atoms with Crippen LogP contribution in [0.3, 0.4) is 0 Å². The zero-order valence-electron chi connectivity index (χ0n) is 15.7. The first-order valence-electron chi connectivity index (χ1n) is 9.05. The Morgan fingerprint density at radius 3 is 2.74 bits per heavy atom. The molecule has 0 saturated heterocycles. The molecule has 0 saturated carbocycles. The predicted molar refractivity (Wildman–Crippen MR) is 114 cm³/mol. The Kier molecular flexibility index (Phi) is 6.46. The summed E-state index contributed by atoms with van der Waals surface area (Å²) in [5, 5.41) is 7.47. The van der Waals surface area contributed by atoms with Gasteiger partial charge < -0.3 is 20.1 Å². The Bertz CT molecular complexity index is 818. The van der Waals surface area contributed by atoms with Crippen LogP contribution >= 0.6 is 23.6 Å². The van der Waals surface area contributed by atoms with Crippen LogP contribution < -0.4 is 10.6 Å². The fourth-order valence-corrected chi connectivity index (χ4v) is 4.44. The van der Waals surface area contributed by atoms with Crippen LogP contribution in [0.5, 0.6) is 0 Å². The molecule has 0 bridgehead atoms. The van der Waals surface area contributed by atoms with E-state index in [0.29, 0.717) is 41.2 Å². The fourth-order valence-electron chi connectivity index (χ4n) is 3.01. The number of benzene rings is 1. The van der Waals surface area contributed by atoms with Gasteiger partial charge in [0.2, 0.25) is 0 Å². The minimum atomic E-state index is -0.315. The van der Waals surface area contributed by atoms with Crippen molar-refractivity contribution in [2.24, 2.45) is 5.92 Å². The van der Waals surface area contributed by atoms with Crippen LogP contribution in [0.15, 0.2) is 30.3 Å². The molecule has 0 spiro atoms. The van der Waals surface area contributed by atoms with Crippen LogP contribution in [0, 0.1) is 5.92 Å². The second-order valence-corrected chi connectivity index (χ2v) is 8.18. The van der Waals surface area contributed by atoms with Crippen LogP contribution in [-0.2, 0) is 22.5 Å². The van der Waals surface area contributed by atoms with Crippen LogP contribution in [0.25, 0.3) is 0 Å². The van der Waals surface area contributed by atoms with Crippen molar-refractivity contribution < 1.29 is 14.3 Å². The summed E-state index contributed by atoms with van der Waals surface area (Å²) in [6.07, 6.45) is 0.806. The van der Waals surface area contributed by atoms with Crippen molar-refractivity contribution in [3.63, 3.8) is 0 Å². The molecule has 2 aromatic rings. The average Bonchev–Trinajstić information content (AvgIpc) is 2.99. The number of hydrogen-bond acceptors (Lipinski definition) is 5. The number of nitrogens with one attached hydrogen (secondary N) is 2. The van der Waals surface area contributed by atoms with Crippen molar-refractivity contribution in [2.45, 2.75) is 39.9 Å². The predicted octanol–water partition coefficient (Wildman–Crippen LogP) is 4.83. The number of hydrogen-bond donors (Lipinski definition) is 2. The lowest BCUT2D eigenvalue weighted by molar-refractivity contribution is 0.00124. The Morgan fingerprint density at radius 1 is 1.33 bits per heavy atom. The minimum Gasteiger partial charge on any atom is -0.462 e. The molecule has 0 fully saturated rings. The number of ether oxygens (including phenoxy) is 2. The molecule has 2 heterocycles.